The van der Waals surface area contributed by atoms with E-state index in [-0.39, 0.29) is 32.0 Å². The van der Waals surface area contributed by atoms with E-state index in [1.165, 1.54) is 70.3 Å². The van der Waals surface area contributed by atoms with E-state index in [4.69, 9.17) is 23.3 Å². The van der Waals surface area contributed by atoms with E-state index < -0.39 is 32.5 Å². The fourth-order valence-electron chi connectivity index (χ4n) is 5.38. The summed E-state index contributed by atoms with van der Waals surface area (Å²) >= 11 is 0. The summed E-state index contributed by atoms with van der Waals surface area (Å²) in [5, 5.41) is 0. The molecule has 0 fully saturated rings. The third kappa shape index (κ3) is 36.4. The zero-order valence-electron chi connectivity index (χ0n) is 32.8. The van der Waals surface area contributed by atoms with Crippen molar-refractivity contribution in [3.63, 3.8) is 0 Å². The van der Waals surface area contributed by atoms with Crippen LogP contribution in [0.25, 0.3) is 0 Å². The summed E-state index contributed by atoms with van der Waals surface area (Å²) in [6.07, 6.45) is 25.1. The number of unbranched alkanes of at least 4 members (excludes halogenated alkanes) is 20. The molecule has 0 aliphatic heterocycles. The summed E-state index contributed by atoms with van der Waals surface area (Å²) in [6.45, 7) is 5.69. The summed E-state index contributed by atoms with van der Waals surface area (Å²) in [4.78, 5) is 48.4. The largest absolute Gasteiger partial charge is 0.756 e. The topological polar surface area (TPSA) is 137 Å². The number of ether oxygens (including phenoxy) is 3. The lowest BCUT2D eigenvalue weighted by molar-refractivity contribution is -0.870. The molecule has 1 unspecified atom stereocenters. The number of carbonyl (C=O) groups excluding carboxylic acids is 3. The molecule has 51 heavy (non-hydrogen) atoms. The normalized spacial score (nSPS) is 13.4. The molecule has 12 heteroatoms. The number of phosphoric acid groups is 1. The summed E-state index contributed by atoms with van der Waals surface area (Å²) in [7, 11) is 1.11. The summed E-state index contributed by atoms with van der Waals surface area (Å²) in [5.41, 5.74) is 0. The number of likely N-dealkylation sites (N-methyl/N-ethyl adjacent to an activating group) is 1. The van der Waals surface area contributed by atoms with E-state index in [1.807, 2.05) is 21.1 Å². The minimum Gasteiger partial charge on any atom is -0.756 e. The highest BCUT2D eigenvalue weighted by Crippen LogP contribution is 2.38. The van der Waals surface area contributed by atoms with E-state index in [2.05, 4.69) is 13.5 Å². The maximum atomic E-state index is 12.6. The van der Waals surface area contributed by atoms with Crippen molar-refractivity contribution in [2.45, 2.75) is 167 Å². The minimum absolute atomic E-state index is 0.0456. The van der Waals surface area contributed by atoms with Crippen LogP contribution in [0.15, 0.2) is 12.7 Å². The smallest absolute Gasteiger partial charge is 0.330 e. The van der Waals surface area contributed by atoms with Gasteiger partial charge in [-0.05, 0) is 19.3 Å². The number of carbonyl (C=O) groups is 3. The van der Waals surface area contributed by atoms with Crippen molar-refractivity contribution < 1.29 is 51.6 Å². The first kappa shape index (κ1) is 49.2. The fourth-order valence-corrected chi connectivity index (χ4v) is 6.11. The van der Waals surface area contributed by atoms with Crippen molar-refractivity contribution >= 4 is 25.7 Å². The molecule has 0 radical (unpaired) electrons. The van der Waals surface area contributed by atoms with Gasteiger partial charge in [0, 0.05) is 18.9 Å². The van der Waals surface area contributed by atoms with E-state index in [0.29, 0.717) is 24.1 Å². The van der Waals surface area contributed by atoms with E-state index in [1.54, 1.807) is 0 Å². The van der Waals surface area contributed by atoms with Gasteiger partial charge in [0.25, 0.3) is 7.82 Å². The molecular formula is C39H74NO10P. The van der Waals surface area contributed by atoms with E-state index >= 15 is 0 Å². The van der Waals surface area contributed by atoms with Crippen molar-refractivity contribution in [3.05, 3.63) is 12.7 Å². The summed E-state index contributed by atoms with van der Waals surface area (Å²) < 4.78 is 38.7. The molecule has 0 aliphatic carbocycles. The Balaban J connectivity index is 4.38. The average Bonchev–Trinajstić information content (AvgIpc) is 3.07. The van der Waals surface area contributed by atoms with Crippen molar-refractivity contribution in [3.8, 4) is 0 Å². The van der Waals surface area contributed by atoms with Gasteiger partial charge in [-0.25, -0.2) is 4.79 Å². The van der Waals surface area contributed by atoms with Crippen molar-refractivity contribution in [2.75, 3.05) is 54.1 Å². The van der Waals surface area contributed by atoms with Gasteiger partial charge in [0.2, 0.25) is 0 Å². The van der Waals surface area contributed by atoms with Gasteiger partial charge in [0.05, 0.1) is 34.4 Å². The number of esters is 3. The number of rotatable bonds is 37. The molecule has 300 valence electrons. The quantitative estimate of drug-likeness (QED) is 0.0151. The number of quaternary nitrogens is 1. The first-order valence-corrected chi connectivity index (χ1v) is 21.4. The molecule has 0 saturated carbocycles. The Labute approximate surface area is 310 Å². The molecule has 11 nitrogen and oxygen atoms in total. The minimum atomic E-state index is -4.64. The Morgan fingerprint density at radius 3 is 1.55 bits per heavy atom. The Morgan fingerprint density at radius 1 is 0.627 bits per heavy atom. The number of nitrogens with zero attached hydrogens (tertiary/aromatic N) is 1. The SMILES string of the molecule is C=CC(=O)OCCCCCCCCCCCC(=O)O[C@H](COC(=O)CCCCCCCCCCCCCCC)COP(=O)([O-])OCC[N+](C)(C)C. The van der Waals surface area contributed by atoms with Crippen LogP contribution in [0.3, 0.4) is 0 Å². The molecule has 0 rings (SSSR count). The van der Waals surface area contributed by atoms with Gasteiger partial charge in [-0.1, -0.05) is 135 Å². The molecule has 0 amide bonds. The predicted octanol–water partition coefficient (Wildman–Crippen LogP) is 8.76. The van der Waals surface area contributed by atoms with Crippen LogP contribution >= 0.6 is 7.82 Å². The second-order valence-corrected chi connectivity index (χ2v) is 16.1. The zero-order valence-corrected chi connectivity index (χ0v) is 33.7. The van der Waals surface area contributed by atoms with Crippen LogP contribution in [-0.4, -0.2) is 82.6 Å². The van der Waals surface area contributed by atoms with E-state index in [9.17, 15) is 23.8 Å². The predicted molar refractivity (Wildman–Crippen MR) is 201 cm³/mol. The van der Waals surface area contributed by atoms with Crippen LogP contribution < -0.4 is 4.89 Å². The molecular weight excluding hydrogens is 673 g/mol. The first-order valence-electron chi connectivity index (χ1n) is 19.9. The highest BCUT2D eigenvalue weighted by molar-refractivity contribution is 7.45. The maximum Gasteiger partial charge on any atom is 0.330 e. The highest BCUT2D eigenvalue weighted by atomic mass is 31.2. The Kier molecular flexibility index (Phi) is 31.7. The molecule has 0 aromatic rings. The van der Waals surface area contributed by atoms with Gasteiger partial charge in [0.15, 0.2) is 6.10 Å². The molecule has 0 bridgehead atoms. The van der Waals surface area contributed by atoms with Crippen molar-refractivity contribution in [2.24, 2.45) is 0 Å². The molecule has 0 spiro atoms. The molecule has 0 aliphatic rings. The van der Waals surface area contributed by atoms with Crippen molar-refractivity contribution in [1.29, 1.82) is 0 Å². The second-order valence-electron chi connectivity index (χ2n) is 14.7. The lowest BCUT2D eigenvalue weighted by atomic mass is 10.0. The van der Waals surface area contributed by atoms with Crippen LogP contribution in [0.2, 0.25) is 0 Å². The molecule has 0 N–H and O–H groups in total. The van der Waals surface area contributed by atoms with Crippen LogP contribution in [0, 0.1) is 0 Å². The third-order valence-electron chi connectivity index (χ3n) is 8.58. The molecule has 0 aromatic carbocycles. The second kappa shape index (κ2) is 32.8. The number of hydrogen-bond acceptors (Lipinski definition) is 10. The average molecular weight is 748 g/mol. The number of hydrogen-bond donors (Lipinski definition) is 0. The Bertz CT molecular complexity index is 939. The van der Waals surface area contributed by atoms with Gasteiger partial charge in [-0.2, -0.15) is 0 Å². The molecule has 2 atom stereocenters. The van der Waals surface area contributed by atoms with Gasteiger partial charge in [-0.3, -0.25) is 14.2 Å². The van der Waals surface area contributed by atoms with Gasteiger partial charge >= 0.3 is 17.9 Å². The summed E-state index contributed by atoms with van der Waals surface area (Å²) in [5.74, 6) is -1.27. The van der Waals surface area contributed by atoms with Gasteiger partial charge < -0.3 is 32.6 Å². The van der Waals surface area contributed by atoms with Crippen LogP contribution in [0.4, 0.5) is 0 Å². The summed E-state index contributed by atoms with van der Waals surface area (Å²) in [6, 6.07) is 0. The number of phosphoric ester groups is 1. The zero-order chi connectivity index (χ0) is 38.1. The third-order valence-corrected chi connectivity index (χ3v) is 9.54. The molecule has 0 aromatic heterocycles. The lowest BCUT2D eigenvalue weighted by Crippen LogP contribution is -2.37. The standard InChI is InChI=1S/C39H74NO10P/c1-6-8-9-10-11-12-13-14-15-17-20-23-26-29-38(42)47-34-36(35-49-51(44,45)48-33-31-40(3,4)5)50-39(43)30-27-24-21-18-16-19-22-25-28-32-46-37(41)7-2/h7,36H,2,6,8-35H2,1,3-5H3/t36-/m1/s1. The Morgan fingerprint density at radius 2 is 1.08 bits per heavy atom. The van der Waals surface area contributed by atoms with Crippen LogP contribution in [-0.2, 0) is 42.2 Å². The van der Waals surface area contributed by atoms with Crippen LogP contribution in [0.1, 0.15) is 161 Å². The maximum absolute atomic E-state index is 12.6. The van der Waals surface area contributed by atoms with Gasteiger partial charge in [-0.15, -0.1) is 0 Å². The monoisotopic (exact) mass is 748 g/mol. The van der Waals surface area contributed by atoms with Crippen LogP contribution in [0.5, 0.6) is 0 Å². The molecule has 0 heterocycles. The van der Waals surface area contributed by atoms with Crippen molar-refractivity contribution in [1.82, 2.24) is 0 Å². The Hall–Kier alpha value is -1.78. The first-order chi connectivity index (χ1) is 24.4. The highest BCUT2D eigenvalue weighted by Gasteiger charge is 2.21. The fraction of sp³-hybridized carbons (Fsp3) is 0.872. The lowest BCUT2D eigenvalue weighted by Gasteiger charge is -2.28. The van der Waals surface area contributed by atoms with E-state index in [0.717, 1.165) is 70.6 Å². The van der Waals surface area contributed by atoms with Gasteiger partial charge in [0.1, 0.15) is 19.8 Å². The molecule has 0 saturated heterocycles.